The second kappa shape index (κ2) is 8.90. The van der Waals surface area contributed by atoms with Crippen LogP contribution in [0.4, 0.5) is 0 Å². The van der Waals surface area contributed by atoms with Crippen LogP contribution in [0.3, 0.4) is 0 Å². The first-order chi connectivity index (χ1) is 8.18. The highest BCUT2D eigenvalue weighted by Crippen LogP contribution is 2.07. The molecule has 1 fully saturated rings. The van der Waals surface area contributed by atoms with Gasteiger partial charge in [0.1, 0.15) is 0 Å². The molecule has 0 aromatic carbocycles. The maximum Gasteiger partial charge on any atom is 0.0594 e. The third-order valence-electron chi connectivity index (χ3n) is 3.28. The minimum Gasteiger partial charge on any atom is -0.381 e. The lowest BCUT2D eigenvalue weighted by Crippen LogP contribution is -2.37. The van der Waals surface area contributed by atoms with Crippen LogP contribution in [0.15, 0.2) is 0 Å². The van der Waals surface area contributed by atoms with Crippen molar-refractivity contribution in [3.63, 3.8) is 0 Å². The molecule has 0 saturated carbocycles. The molecular weight excluding hydrogens is 214 g/mol. The number of hydrogen-bond acceptors (Lipinski definition) is 3. The first-order valence-corrected chi connectivity index (χ1v) is 7.06. The van der Waals surface area contributed by atoms with Crippen molar-refractivity contribution >= 4 is 0 Å². The molecule has 0 aliphatic carbocycles. The molecule has 3 heteroatoms. The van der Waals surface area contributed by atoms with Crippen molar-refractivity contribution in [2.75, 3.05) is 46.1 Å². The molecular formula is C14H29NO2. The summed E-state index contributed by atoms with van der Waals surface area (Å²) in [5.74, 6) is 1.42. The van der Waals surface area contributed by atoms with Gasteiger partial charge in [-0.25, -0.2) is 0 Å². The number of nitrogens with zero attached hydrogens (tertiary/aromatic N) is 1. The quantitative estimate of drug-likeness (QED) is 0.611. The monoisotopic (exact) mass is 243 g/mol. The molecule has 0 spiro atoms. The summed E-state index contributed by atoms with van der Waals surface area (Å²) in [7, 11) is 0. The predicted molar refractivity (Wildman–Crippen MR) is 71.3 cm³/mol. The first kappa shape index (κ1) is 14.9. The zero-order chi connectivity index (χ0) is 12.5. The Morgan fingerprint density at radius 3 is 2.47 bits per heavy atom. The minimum absolute atomic E-state index is 0.671. The summed E-state index contributed by atoms with van der Waals surface area (Å²) in [6.45, 7) is 13.8. The van der Waals surface area contributed by atoms with Gasteiger partial charge >= 0.3 is 0 Å². The molecule has 0 amide bonds. The van der Waals surface area contributed by atoms with Crippen LogP contribution in [0.1, 0.15) is 33.6 Å². The smallest absolute Gasteiger partial charge is 0.0594 e. The summed E-state index contributed by atoms with van der Waals surface area (Å²) in [5, 5.41) is 0. The Balaban J connectivity index is 1.94. The molecule has 1 saturated heterocycles. The molecule has 1 aliphatic rings. The molecule has 0 unspecified atom stereocenters. The second-order valence-corrected chi connectivity index (χ2v) is 5.61. The lowest BCUT2D eigenvalue weighted by atomic mass is 10.1. The van der Waals surface area contributed by atoms with Gasteiger partial charge in [-0.2, -0.15) is 0 Å². The van der Waals surface area contributed by atoms with Crippen molar-refractivity contribution in [2.45, 2.75) is 33.6 Å². The second-order valence-electron chi connectivity index (χ2n) is 5.61. The van der Waals surface area contributed by atoms with E-state index < -0.39 is 0 Å². The lowest BCUT2D eigenvalue weighted by molar-refractivity contribution is 0.0315. The Kier molecular flexibility index (Phi) is 7.82. The van der Waals surface area contributed by atoms with Gasteiger partial charge in [-0.05, 0) is 31.2 Å². The van der Waals surface area contributed by atoms with Crippen LogP contribution in [-0.2, 0) is 9.47 Å². The maximum atomic E-state index is 5.70. The van der Waals surface area contributed by atoms with Gasteiger partial charge in [0.2, 0.25) is 0 Å². The molecule has 102 valence electrons. The van der Waals surface area contributed by atoms with E-state index in [1.165, 1.54) is 19.4 Å². The van der Waals surface area contributed by atoms with Crippen molar-refractivity contribution in [3.05, 3.63) is 0 Å². The van der Waals surface area contributed by atoms with Gasteiger partial charge in [-0.3, -0.25) is 4.90 Å². The van der Waals surface area contributed by atoms with E-state index in [9.17, 15) is 0 Å². The van der Waals surface area contributed by atoms with Gasteiger partial charge in [-0.1, -0.05) is 20.8 Å². The Morgan fingerprint density at radius 1 is 1.12 bits per heavy atom. The molecule has 0 N–H and O–H groups in total. The third kappa shape index (κ3) is 7.74. The Hall–Kier alpha value is -0.120. The number of ether oxygens (including phenoxy) is 2. The van der Waals surface area contributed by atoms with E-state index in [1.807, 2.05) is 0 Å². The molecule has 1 heterocycles. The normalized spacial score (nSPS) is 19.8. The lowest BCUT2D eigenvalue weighted by Gasteiger charge is -2.27. The summed E-state index contributed by atoms with van der Waals surface area (Å²) in [4.78, 5) is 2.49. The highest BCUT2D eigenvalue weighted by atomic mass is 16.5. The van der Waals surface area contributed by atoms with E-state index in [1.54, 1.807) is 0 Å². The Bertz CT molecular complexity index is 179. The summed E-state index contributed by atoms with van der Waals surface area (Å²) in [5.41, 5.74) is 0. The fourth-order valence-corrected chi connectivity index (χ4v) is 1.91. The van der Waals surface area contributed by atoms with Crippen LogP contribution in [0.5, 0.6) is 0 Å². The van der Waals surface area contributed by atoms with Crippen LogP contribution in [0.2, 0.25) is 0 Å². The fraction of sp³-hybridized carbons (Fsp3) is 1.00. The van der Waals surface area contributed by atoms with E-state index in [0.29, 0.717) is 5.92 Å². The molecule has 0 aromatic heterocycles. The van der Waals surface area contributed by atoms with Gasteiger partial charge in [0.25, 0.3) is 0 Å². The fourth-order valence-electron chi connectivity index (χ4n) is 1.91. The number of hydrogen-bond donors (Lipinski definition) is 0. The summed E-state index contributed by atoms with van der Waals surface area (Å²) in [6, 6.07) is 0. The van der Waals surface area contributed by atoms with Crippen molar-refractivity contribution < 1.29 is 9.47 Å². The standard InChI is InChI=1S/C14H29NO2/c1-13(2)5-9-17-12-14(3)4-6-15-7-10-16-11-8-15/h13-14H,4-12H2,1-3H3/t14-/m1/s1. The average molecular weight is 243 g/mol. The van der Waals surface area contributed by atoms with Crippen molar-refractivity contribution in [2.24, 2.45) is 11.8 Å². The highest BCUT2D eigenvalue weighted by molar-refractivity contribution is 4.63. The van der Waals surface area contributed by atoms with Gasteiger partial charge in [0.15, 0.2) is 0 Å². The molecule has 0 radical (unpaired) electrons. The van der Waals surface area contributed by atoms with Crippen molar-refractivity contribution in [3.8, 4) is 0 Å². The van der Waals surface area contributed by atoms with Gasteiger partial charge < -0.3 is 9.47 Å². The molecule has 0 aromatic rings. The predicted octanol–water partition coefficient (Wildman–Crippen LogP) is 2.41. The summed E-state index contributed by atoms with van der Waals surface area (Å²) in [6.07, 6.45) is 2.41. The van der Waals surface area contributed by atoms with E-state index >= 15 is 0 Å². The summed E-state index contributed by atoms with van der Waals surface area (Å²) < 4.78 is 11.0. The molecule has 1 aliphatic heterocycles. The molecule has 17 heavy (non-hydrogen) atoms. The van der Waals surface area contributed by atoms with Crippen LogP contribution < -0.4 is 0 Å². The largest absolute Gasteiger partial charge is 0.381 e. The van der Waals surface area contributed by atoms with Gasteiger partial charge in [0, 0.05) is 26.3 Å². The highest BCUT2D eigenvalue weighted by Gasteiger charge is 2.11. The van der Waals surface area contributed by atoms with E-state index in [0.717, 1.165) is 45.4 Å². The topological polar surface area (TPSA) is 21.7 Å². The van der Waals surface area contributed by atoms with Crippen LogP contribution in [0.25, 0.3) is 0 Å². The number of morpholine rings is 1. The number of rotatable bonds is 8. The van der Waals surface area contributed by atoms with Gasteiger partial charge in [-0.15, -0.1) is 0 Å². The molecule has 0 bridgehead atoms. The van der Waals surface area contributed by atoms with Crippen LogP contribution in [0, 0.1) is 11.8 Å². The van der Waals surface area contributed by atoms with E-state index in [-0.39, 0.29) is 0 Å². The Morgan fingerprint density at radius 2 is 1.82 bits per heavy atom. The van der Waals surface area contributed by atoms with E-state index in [4.69, 9.17) is 9.47 Å². The molecule has 1 rings (SSSR count). The minimum atomic E-state index is 0.671. The van der Waals surface area contributed by atoms with Crippen LogP contribution in [-0.4, -0.2) is 51.0 Å². The maximum absolute atomic E-state index is 5.70. The summed E-state index contributed by atoms with van der Waals surface area (Å²) >= 11 is 0. The third-order valence-corrected chi connectivity index (χ3v) is 3.28. The first-order valence-electron chi connectivity index (χ1n) is 7.06. The van der Waals surface area contributed by atoms with Crippen molar-refractivity contribution in [1.82, 2.24) is 4.90 Å². The van der Waals surface area contributed by atoms with Gasteiger partial charge in [0.05, 0.1) is 13.2 Å². The molecule has 1 atom stereocenters. The zero-order valence-corrected chi connectivity index (χ0v) is 11.8. The zero-order valence-electron chi connectivity index (χ0n) is 11.8. The van der Waals surface area contributed by atoms with Crippen LogP contribution >= 0.6 is 0 Å². The average Bonchev–Trinajstić information content (AvgIpc) is 2.33. The van der Waals surface area contributed by atoms with E-state index in [2.05, 4.69) is 25.7 Å². The SMILES string of the molecule is CC(C)CCOC[C@H](C)CCN1CCOCC1. The van der Waals surface area contributed by atoms with Crippen molar-refractivity contribution in [1.29, 1.82) is 0 Å². The Labute approximate surface area is 106 Å². The molecule has 3 nitrogen and oxygen atoms in total.